The van der Waals surface area contributed by atoms with E-state index in [2.05, 4.69) is 11.9 Å². The third kappa shape index (κ3) is 3.31. The van der Waals surface area contributed by atoms with Gasteiger partial charge in [-0.2, -0.15) is 5.26 Å². The summed E-state index contributed by atoms with van der Waals surface area (Å²) in [4.78, 5) is 18.2. The number of carbonyl (C=O) groups excluding carboxylic acids is 1. The molecule has 0 bridgehead atoms. The molecule has 0 radical (unpaired) electrons. The largest absolute Gasteiger partial charge is 0.337 e. The van der Waals surface area contributed by atoms with Crippen molar-refractivity contribution in [1.29, 1.82) is 5.26 Å². The quantitative estimate of drug-likeness (QED) is 0.836. The highest BCUT2D eigenvalue weighted by Crippen LogP contribution is 2.22. The van der Waals surface area contributed by atoms with Gasteiger partial charge in [-0.1, -0.05) is 19.8 Å². The summed E-state index contributed by atoms with van der Waals surface area (Å²) in [6.45, 7) is 3.86. The molecular formula is C15H19N3O. The number of nitrogens with zero attached hydrogens (tertiary/aromatic N) is 3. The Kier molecular flexibility index (Phi) is 4.51. The SMILES string of the molecule is CCCC1CCN(C(=O)c2ccc(C#N)cn2)CC1. The molecule has 0 unspecified atom stereocenters. The van der Waals surface area contributed by atoms with E-state index < -0.39 is 0 Å². The van der Waals surface area contributed by atoms with Crippen molar-refractivity contribution in [3.63, 3.8) is 0 Å². The second-order valence-corrected chi connectivity index (χ2v) is 5.07. The molecule has 1 fully saturated rings. The maximum Gasteiger partial charge on any atom is 0.272 e. The van der Waals surface area contributed by atoms with Crippen molar-refractivity contribution in [3.8, 4) is 6.07 Å². The molecule has 1 amide bonds. The number of rotatable bonds is 3. The lowest BCUT2D eigenvalue weighted by Crippen LogP contribution is -2.38. The van der Waals surface area contributed by atoms with Crippen LogP contribution in [-0.4, -0.2) is 28.9 Å². The van der Waals surface area contributed by atoms with Crippen LogP contribution in [0.4, 0.5) is 0 Å². The van der Waals surface area contributed by atoms with E-state index in [1.807, 2.05) is 11.0 Å². The fourth-order valence-corrected chi connectivity index (χ4v) is 2.58. The van der Waals surface area contributed by atoms with E-state index in [0.717, 1.165) is 31.8 Å². The summed E-state index contributed by atoms with van der Waals surface area (Å²) in [5.74, 6) is 0.752. The Labute approximate surface area is 114 Å². The molecule has 19 heavy (non-hydrogen) atoms. The third-order valence-corrected chi connectivity index (χ3v) is 3.71. The fraction of sp³-hybridized carbons (Fsp3) is 0.533. The molecule has 2 rings (SSSR count). The van der Waals surface area contributed by atoms with Gasteiger partial charge in [-0.25, -0.2) is 4.98 Å². The van der Waals surface area contributed by atoms with Crippen LogP contribution in [0.25, 0.3) is 0 Å². The summed E-state index contributed by atoms with van der Waals surface area (Å²) < 4.78 is 0. The summed E-state index contributed by atoms with van der Waals surface area (Å²) in [7, 11) is 0. The summed E-state index contributed by atoms with van der Waals surface area (Å²) >= 11 is 0. The Balaban J connectivity index is 1.95. The standard InChI is InChI=1S/C15H19N3O/c1-2-3-12-6-8-18(9-7-12)15(19)14-5-4-13(10-16)11-17-14/h4-5,11-12H,2-3,6-9H2,1H3. The summed E-state index contributed by atoms with van der Waals surface area (Å²) in [5.41, 5.74) is 0.922. The van der Waals surface area contributed by atoms with Gasteiger partial charge in [0.05, 0.1) is 5.56 Å². The molecule has 1 aliphatic rings. The highest BCUT2D eigenvalue weighted by Gasteiger charge is 2.23. The number of nitriles is 1. The molecular weight excluding hydrogens is 238 g/mol. The molecule has 2 heterocycles. The molecule has 0 atom stereocenters. The first-order valence-corrected chi connectivity index (χ1v) is 6.90. The second-order valence-electron chi connectivity index (χ2n) is 5.07. The average molecular weight is 257 g/mol. The molecule has 1 aliphatic heterocycles. The molecule has 0 saturated carbocycles. The molecule has 1 aromatic heterocycles. The summed E-state index contributed by atoms with van der Waals surface area (Å²) in [6, 6.07) is 5.29. The van der Waals surface area contributed by atoms with Crippen LogP contribution in [0.3, 0.4) is 0 Å². The number of hydrogen-bond donors (Lipinski definition) is 0. The Morgan fingerprint density at radius 2 is 2.21 bits per heavy atom. The van der Waals surface area contributed by atoms with Gasteiger partial charge < -0.3 is 4.90 Å². The van der Waals surface area contributed by atoms with E-state index in [9.17, 15) is 4.79 Å². The molecule has 1 aromatic rings. The summed E-state index contributed by atoms with van der Waals surface area (Å²) in [5, 5.41) is 8.71. The zero-order chi connectivity index (χ0) is 13.7. The predicted octanol–water partition coefficient (Wildman–Crippen LogP) is 2.61. The van der Waals surface area contributed by atoms with Crippen LogP contribution in [0.1, 0.15) is 48.7 Å². The average Bonchev–Trinajstić information content (AvgIpc) is 2.48. The molecule has 0 aliphatic carbocycles. The topological polar surface area (TPSA) is 57.0 Å². The van der Waals surface area contributed by atoms with Crippen molar-refractivity contribution < 1.29 is 4.79 Å². The smallest absolute Gasteiger partial charge is 0.272 e. The molecule has 4 heteroatoms. The lowest BCUT2D eigenvalue weighted by atomic mass is 9.92. The number of carbonyl (C=O) groups is 1. The van der Waals surface area contributed by atoms with Crippen LogP contribution < -0.4 is 0 Å². The van der Waals surface area contributed by atoms with E-state index in [1.165, 1.54) is 19.0 Å². The molecule has 4 nitrogen and oxygen atoms in total. The Morgan fingerprint density at radius 3 is 2.74 bits per heavy atom. The van der Waals surface area contributed by atoms with Crippen LogP contribution >= 0.6 is 0 Å². The van der Waals surface area contributed by atoms with Gasteiger partial charge in [0.2, 0.25) is 0 Å². The molecule has 0 spiro atoms. The molecule has 0 aromatic carbocycles. The van der Waals surface area contributed by atoms with Crippen molar-refractivity contribution in [3.05, 3.63) is 29.6 Å². The first-order chi connectivity index (χ1) is 9.24. The second kappa shape index (κ2) is 6.33. The minimum atomic E-state index is -0.0144. The van der Waals surface area contributed by atoms with Crippen molar-refractivity contribution in [2.75, 3.05) is 13.1 Å². The Hall–Kier alpha value is -1.89. The van der Waals surface area contributed by atoms with Crippen LogP contribution in [-0.2, 0) is 0 Å². The van der Waals surface area contributed by atoms with Gasteiger partial charge >= 0.3 is 0 Å². The van der Waals surface area contributed by atoms with Crippen molar-refractivity contribution in [2.24, 2.45) is 5.92 Å². The number of hydrogen-bond acceptors (Lipinski definition) is 3. The highest BCUT2D eigenvalue weighted by molar-refractivity contribution is 5.92. The first kappa shape index (κ1) is 13.5. The molecule has 100 valence electrons. The number of likely N-dealkylation sites (tertiary alicyclic amines) is 1. The lowest BCUT2D eigenvalue weighted by Gasteiger charge is -2.31. The van der Waals surface area contributed by atoms with E-state index >= 15 is 0 Å². The van der Waals surface area contributed by atoms with E-state index in [4.69, 9.17) is 5.26 Å². The normalized spacial score (nSPS) is 16.1. The monoisotopic (exact) mass is 257 g/mol. The van der Waals surface area contributed by atoms with Gasteiger partial charge in [0, 0.05) is 19.3 Å². The number of amides is 1. The number of pyridine rings is 1. The predicted molar refractivity (Wildman–Crippen MR) is 72.5 cm³/mol. The zero-order valence-electron chi connectivity index (χ0n) is 11.3. The van der Waals surface area contributed by atoms with Gasteiger partial charge in [-0.05, 0) is 30.9 Å². The van der Waals surface area contributed by atoms with Gasteiger partial charge in [0.25, 0.3) is 5.91 Å². The van der Waals surface area contributed by atoms with Crippen LogP contribution in [0, 0.1) is 17.2 Å². The van der Waals surface area contributed by atoms with Crippen molar-refractivity contribution in [2.45, 2.75) is 32.6 Å². The van der Waals surface area contributed by atoms with Gasteiger partial charge in [-0.3, -0.25) is 4.79 Å². The minimum Gasteiger partial charge on any atom is -0.337 e. The maximum absolute atomic E-state index is 12.2. The van der Waals surface area contributed by atoms with Crippen molar-refractivity contribution >= 4 is 5.91 Å². The highest BCUT2D eigenvalue weighted by atomic mass is 16.2. The third-order valence-electron chi connectivity index (χ3n) is 3.71. The minimum absolute atomic E-state index is 0.0144. The van der Waals surface area contributed by atoms with Crippen molar-refractivity contribution in [1.82, 2.24) is 9.88 Å². The van der Waals surface area contributed by atoms with Crippen LogP contribution in [0.2, 0.25) is 0 Å². The van der Waals surface area contributed by atoms with Gasteiger partial charge in [-0.15, -0.1) is 0 Å². The maximum atomic E-state index is 12.2. The molecule has 1 saturated heterocycles. The van der Waals surface area contributed by atoms with Crippen LogP contribution in [0.15, 0.2) is 18.3 Å². The van der Waals surface area contributed by atoms with Gasteiger partial charge in [0.15, 0.2) is 0 Å². The fourth-order valence-electron chi connectivity index (χ4n) is 2.58. The lowest BCUT2D eigenvalue weighted by molar-refractivity contribution is 0.0680. The summed E-state index contributed by atoms with van der Waals surface area (Å²) in [6.07, 6.45) is 6.12. The number of piperidine rings is 1. The molecule has 0 N–H and O–H groups in total. The van der Waals surface area contributed by atoms with Gasteiger partial charge in [0.1, 0.15) is 11.8 Å². The van der Waals surface area contributed by atoms with E-state index in [1.54, 1.807) is 12.1 Å². The zero-order valence-corrected chi connectivity index (χ0v) is 11.3. The Bertz CT molecular complexity index is 467. The number of aromatic nitrogens is 1. The Morgan fingerprint density at radius 1 is 1.47 bits per heavy atom. The van der Waals surface area contributed by atoms with E-state index in [0.29, 0.717) is 11.3 Å². The van der Waals surface area contributed by atoms with Crippen LogP contribution in [0.5, 0.6) is 0 Å². The first-order valence-electron chi connectivity index (χ1n) is 6.90. The van der Waals surface area contributed by atoms with E-state index in [-0.39, 0.29) is 5.91 Å².